The number of phenolic OH excluding ortho intramolecular Hbond substituents is 1. The van der Waals surface area contributed by atoms with Crippen molar-refractivity contribution in [2.75, 3.05) is 4.90 Å². The molecule has 4 nitrogen and oxygen atoms in total. The van der Waals surface area contributed by atoms with Gasteiger partial charge in [-0.25, -0.2) is 9.97 Å². The van der Waals surface area contributed by atoms with Gasteiger partial charge in [0.1, 0.15) is 11.6 Å². The van der Waals surface area contributed by atoms with Gasteiger partial charge in [-0.1, -0.05) is 169 Å². The lowest BCUT2D eigenvalue weighted by molar-refractivity contribution is 0.446. The third kappa shape index (κ3) is 9.55. The molecule has 2 aromatic heterocycles. The van der Waals surface area contributed by atoms with Crippen molar-refractivity contribution in [3.63, 3.8) is 0 Å². The van der Waals surface area contributed by atoms with Gasteiger partial charge in [0.2, 0.25) is 0 Å². The molecule has 0 saturated heterocycles. The fourth-order valence-electron chi connectivity index (χ4n) is 8.05. The zero-order valence-corrected chi connectivity index (χ0v) is 39.2. The number of rotatable bonds is 8. The molecule has 0 saturated carbocycles. The molecular formula is C58H65N3O. The van der Waals surface area contributed by atoms with E-state index in [4.69, 9.17) is 9.97 Å². The molecule has 5 aromatic carbocycles. The van der Waals surface area contributed by atoms with Gasteiger partial charge in [-0.15, -0.1) is 0 Å². The highest BCUT2D eigenvalue weighted by Crippen LogP contribution is 2.45. The Hall–Kier alpha value is -6.00. The fraction of sp³-hybridized carbons (Fsp3) is 0.310. The zero-order valence-electron chi connectivity index (χ0n) is 39.2. The van der Waals surface area contributed by atoms with Gasteiger partial charge < -0.3 is 5.11 Å². The maximum atomic E-state index is 12.4. The van der Waals surface area contributed by atoms with E-state index < -0.39 is 0 Å². The summed E-state index contributed by atoms with van der Waals surface area (Å²) in [5.41, 5.74) is 13.9. The predicted octanol–water partition coefficient (Wildman–Crippen LogP) is 16.0. The molecule has 0 bridgehead atoms. The quantitative estimate of drug-likeness (QED) is 0.166. The number of benzene rings is 5. The van der Waals surface area contributed by atoms with Crippen LogP contribution in [-0.2, 0) is 21.7 Å². The van der Waals surface area contributed by atoms with Crippen molar-refractivity contribution in [2.45, 2.75) is 118 Å². The van der Waals surface area contributed by atoms with Gasteiger partial charge in [-0.3, -0.25) is 4.90 Å². The van der Waals surface area contributed by atoms with Crippen molar-refractivity contribution in [1.29, 1.82) is 0 Å². The minimum absolute atomic E-state index is 0.0706. The van der Waals surface area contributed by atoms with Crippen molar-refractivity contribution < 1.29 is 5.11 Å². The number of nitrogens with zero attached hydrogens (tertiary/aromatic N) is 3. The standard InChI is InChI=1S/C58H65N3O/c1-38(39-22-16-14-17-23-39)40-28-43(32-48(31-40)61(47-24-18-15-19-25-47)53-26-20-21-27-59-53)51-33-42(41-29-44(55(2,3)4)35-45(30-41)56(5,6)7)34-52(60-51)49-36-46(57(8,9)10)37-50(54(49)62)58(11,12)13/h14-38,62H,1-13H3. The lowest BCUT2D eigenvalue weighted by Gasteiger charge is -2.28. The number of hydrogen-bond acceptors (Lipinski definition) is 4. The van der Waals surface area contributed by atoms with Crippen LogP contribution in [0.1, 0.15) is 129 Å². The minimum Gasteiger partial charge on any atom is -0.507 e. The number of pyridine rings is 2. The fourth-order valence-corrected chi connectivity index (χ4v) is 8.05. The SMILES string of the molecule is CC(c1ccccc1)c1cc(-c2cc(-c3cc(C(C)(C)C)cc(C(C)(C)C)c3)cc(-c3cc(C(C)(C)C)cc(C(C)(C)C)c3O)n2)cc(N(c2ccccc2)c2ccccn2)c1. The van der Waals surface area contributed by atoms with E-state index >= 15 is 0 Å². The smallest absolute Gasteiger partial charge is 0.137 e. The normalized spacial score (nSPS) is 12.9. The second-order valence-electron chi connectivity index (χ2n) is 21.1. The number of phenols is 1. The summed E-state index contributed by atoms with van der Waals surface area (Å²) in [4.78, 5) is 12.7. The van der Waals surface area contributed by atoms with E-state index in [9.17, 15) is 5.11 Å². The largest absolute Gasteiger partial charge is 0.507 e. The third-order valence-corrected chi connectivity index (χ3v) is 12.1. The van der Waals surface area contributed by atoms with Gasteiger partial charge in [0.05, 0.1) is 11.4 Å². The van der Waals surface area contributed by atoms with Crippen molar-refractivity contribution in [1.82, 2.24) is 9.97 Å². The summed E-state index contributed by atoms with van der Waals surface area (Å²) < 4.78 is 0. The van der Waals surface area contributed by atoms with Crippen LogP contribution >= 0.6 is 0 Å². The van der Waals surface area contributed by atoms with E-state index in [1.807, 2.05) is 24.4 Å². The molecule has 62 heavy (non-hydrogen) atoms. The Labute approximate surface area is 371 Å². The summed E-state index contributed by atoms with van der Waals surface area (Å²) in [6.07, 6.45) is 1.85. The molecule has 2 heterocycles. The van der Waals surface area contributed by atoms with Crippen LogP contribution in [0.15, 0.2) is 146 Å². The van der Waals surface area contributed by atoms with Gasteiger partial charge in [0, 0.05) is 40.2 Å². The van der Waals surface area contributed by atoms with Crippen molar-refractivity contribution in [3.05, 3.63) is 179 Å². The molecular weight excluding hydrogens is 755 g/mol. The highest BCUT2D eigenvalue weighted by atomic mass is 16.3. The Kier molecular flexibility index (Phi) is 11.9. The first-order valence-corrected chi connectivity index (χ1v) is 22.1. The molecule has 1 N–H and O–H groups in total. The molecule has 1 atom stereocenters. The van der Waals surface area contributed by atoms with Crippen LogP contribution in [0.25, 0.3) is 33.6 Å². The van der Waals surface area contributed by atoms with Gasteiger partial charge in [-0.2, -0.15) is 0 Å². The Morgan fingerprint density at radius 1 is 0.468 bits per heavy atom. The summed E-state index contributed by atoms with van der Waals surface area (Å²) in [5, 5.41) is 12.4. The molecule has 7 rings (SSSR count). The number of anilines is 3. The van der Waals surface area contributed by atoms with E-state index in [1.165, 1.54) is 16.7 Å². The van der Waals surface area contributed by atoms with E-state index in [0.717, 1.165) is 67.5 Å². The summed E-state index contributed by atoms with van der Waals surface area (Å²) in [6.45, 7) is 29.2. The number of para-hydroxylation sites is 1. The molecule has 4 heteroatoms. The van der Waals surface area contributed by atoms with Crippen LogP contribution in [-0.4, -0.2) is 15.1 Å². The van der Waals surface area contributed by atoms with Gasteiger partial charge in [0.25, 0.3) is 0 Å². The minimum atomic E-state index is -0.299. The Balaban J connectivity index is 1.58. The molecule has 318 valence electrons. The zero-order chi connectivity index (χ0) is 44.8. The van der Waals surface area contributed by atoms with Crippen molar-refractivity contribution in [2.24, 2.45) is 0 Å². The van der Waals surface area contributed by atoms with E-state index in [-0.39, 0.29) is 33.3 Å². The average molecular weight is 820 g/mol. The lowest BCUT2D eigenvalue weighted by Crippen LogP contribution is -2.17. The van der Waals surface area contributed by atoms with Crippen LogP contribution in [0.4, 0.5) is 17.2 Å². The lowest BCUT2D eigenvalue weighted by atomic mass is 9.78. The maximum Gasteiger partial charge on any atom is 0.137 e. The molecule has 0 fully saturated rings. The average Bonchev–Trinajstić information content (AvgIpc) is 3.23. The molecule has 0 aliphatic heterocycles. The Bertz CT molecular complexity index is 2600. The first-order chi connectivity index (χ1) is 29.1. The first kappa shape index (κ1) is 44.1. The first-order valence-electron chi connectivity index (χ1n) is 22.1. The summed E-state index contributed by atoms with van der Waals surface area (Å²) in [7, 11) is 0. The molecule has 0 aliphatic carbocycles. The third-order valence-electron chi connectivity index (χ3n) is 12.1. The second kappa shape index (κ2) is 16.7. The molecule has 1 unspecified atom stereocenters. The maximum absolute atomic E-state index is 12.4. The second-order valence-corrected chi connectivity index (χ2v) is 21.1. The van der Waals surface area contributed by atoms with Crippen molar-refractivity contribution in [3.8, 4) is 39.4 Å². The monoisotopic (exact) mass is 820 g/mol. The van der Waals surface area contributed by atoms with Gasteiger partial charge in [-0.05, 0) is 121 Å². The van der Waals surface area contributed by atoms with Crippen LogP contribution in [0, 0.1) is 0 Å². The highest BCUT2D eigenvalue weighted by Gasteiger charge is 2.28. The number of hydrogen-bond donors (Lipinski definition) is 1. The molecule has 0 amide bonds. The summed E-state index contributed by atoms with van der Waals surface area (Å²) >= 11 is 0. The van der Waals surface area contributed by atoms with Gasteiger partial charge in [0.15, 0.2) is 0 Å². The van der Waals surface area contributed by atoms with E-state index in [2.05, 4.69) is 216 Å². The Morgan fingerprint density at radius 2 is 1.02 bits per heavy atom. The van der Waals surface area contributed by atoms with Gasteiger partial charge >= 0.3 is 0 Å². The van der Waals surface area contributed by atoms with Crippen molar-refractivity contribution >= 4 is 17.2 Å². The summed E-state index contributed by atoms with van der Waals surface area (Å²) in [6, 6.07) is 49.9. The molecule has 7 aromatic rings. The van der Waals surface area contributed by atoms with Crippen LogP contribution in [0.3, 0.4) is 0 Å². The van der Waals surface area contributed by atoms with Crippen LogP contribution < -0.4 is 4.90 Å². The summed E-state index contributed by atoms with van der Waals surface area (Å²) in [5.74, 6) is 1.18. The topological polar surface area (TPSA) is 49.3 Å². The molecule has 0 aliphatic rings. The number of aromatic hydroxyl groups is 1. The number of aromatic nitrogens is 2. The molecule has 0 spiro atoms. The predicted molar refractivity (Wildman–Crippen MR) is 263 cm³/mol. The van der Waals surface area contributed by atoms with E-state index in [1.54, 1.807) is 0 Å². The van der Waals surface area contributed by atoms with Crippen LogP contribution in [0.5, 0.6) is 5.75 Å². The molecule has 0 radical (unpaired) electrons. The Morgan fingerprint density at radius 3 is 1.58 bits per heavy atom. The van der Waals surface area contributed by atoms with E-state index in [0.29, 0.717) is 0 Å². The highest BCUT2D eigenvalue weighted by molar-refractivity contribution is 5.83. The van der Waals surface area contributed by atoms with Crippen LogP contribution in [0.2, 0.25) is 0 Å².